The van der Waals surface area contributed by atoms with Crippen molar-refractivity contribution in [3.8, 4) is 0 Å². The first-order valence-corrected chi connectivity index (χ1v) is 8.39. The molecule has 1 aromatic carbocycles. The van der Waals surface area contributed by atoms with Gasteiger partial charge in [0.05, 0.1) is 0 Å². The van der Waals surface area contributed by atoms with Crippen LogP contribution >= 0.6 is 24.8 Å². The molecule has 24 heavy (non-hydrogen) atoms. The molecule has 1 heterocycles. The van der Waals surface area contributed by atoms with Crippen molar-refractivity contribution < 1.29 is 4.79 Å². The van der Waals surface area contributed by atoms with Crippen LogP contribution < -0.4 is 5.73 Å². The lowest BCUT2D eigenvalue weighted by Gasteiger charge is -2.21. The maximum absolute atomic E-state index is 12.4. The Hall–Kier alpha value is -0.970. The molecule has 1 aliphatic heterocycles. The van der Waals surface area contributed by atoms with Gasteiger partial charge in [-0.05, 0) is 50.4 Å². The number of carbonyl (C=O) groups is 1. The first-order chi connectivity index (χ1) is 10.6. The average Bonchev–Trinajstić information content (AvgIpc) is 2.95. The molecule has 0 aromatic heterocycles. The fraction of sp³-hybridized carbons (Fsp3) is 0.611. The molecular formula is C18H31Cl2N3O. The van der Waals surface area contributed by atoms with Crippen molar-refractivity contribution in [2.75, 3.05) is 39.0 Å². The van der Waals surface area contributed by atoms with Crippen molar-refractivity contribution in [3.05, 3.63) is 29.8 Å². The molecule has 0 aliphatic carbocycles. The summed E-state index contributed by atoms with van der Waals surface area (Å²) < 4.78 is 0. The molecule has 138 valence electrons. The molecule has 0 saturated carbocycles. The summed E-state index contributed by atoms with van der Waals surface area (Å²) in [6.45, 7) is 6.27. The van der Waals surface area contributed by atoms with Crippen LogP contribution in [0.25, 0.3) is 0 Å². The first-order valence-electron chi connectivity index (χ1n) is 8.39. The second-order valence-electron chi connectivity index (χ2n) is 6.46. The molecule has 2 N–H and O–H groups in total. The minimum Gasteiger partial charge on any atom is -0.399 e. The third-order valence-electron chi connectivity index (χ3n) is 4.48. The predicted octanol–water partition coefficient (Wildman–Crippen LogP) is 3.24. The Morgan fingerprint density at radius 1 is 1.33 bits per heavy atom. The van der Waals surface area contributed by atoms with Crippen LogP contribution in [0.3, 0.4) is 0 Å². The number of carbonyl (C=O) groups excluding carboxylic acids is 1. The van der Waals surface area contributed by atoms with Gasteiger partial charge in [0.1, 0.15) is 0 Å². The van der Waals surface area contributed by atoms with Crippen LogP contribution in [0.15, 0.2) is 24.3 Å². The number of hydrogen-bond donors (Lipinski definition) is 1. The standard InChI is InChI=1S/C18H29N3O.2ClH/c1-3-11-20(2)13-15-10-12-21(14-15)18(22)9-8-16-6-4-5-7-17(16)19;;/h4-7,15H,3,8-14,19H2,1-2H3;2*1H. The van der Waals surface area contributed by atoms with Gasteiger partial charge in [0.25, 0.3) is 0 Å². The molecule has 1 amide bonds. The van der Waals surface area contributed by atoms with E-state index < -0.39 is 0 Å². The predicted molar refractivity (Wildman–Crippen MR) is 106 cm³/mol. The van der Waals surface area contributed by atoms with Gasteiger partial charge >= 0.3 is 0 Å². The Balaban J connectivity index is 0.00000264. The maximum Gasteiger partial charge on any atom is 0.222 e. The van der Waals surface area contributed by atoms with E-state index in [1.165, 1.54) is 6.42 Å². The SMILES string of the molecule is CCCN(C)CC1CCN(C(=O)CCc2ccccc2N)C1.Cl.Cl. The Bertz CT molecular complexity index is 499. The van der Waals surface area contributed by atoms with E-state index >= 15 is 0 Å². The monoisotopic (exact) mass is 375 g/mol. The van der Waals surface area contributed by atoms with Crippen molar-refractivity contribution in [1.29, 1.82) is 0 Å². The molecule has 1 unspecified atom stereocenters. The van der Waals surface area contributed by atoms with Crippen molar-refractivity contribution in [2.45, 2.75) is 32.6 Å². The van der Waals surface area contributed by atoms with E-state index in [9.17, 15) is 4.79 Å². The third-order valence-corrected chi connectivity index (χ3v) is 4.48. The van der Waals surface area contributed by atoms with Crippen molar-refractivity contribution in [3.63, 3.8) is 0 Å². The number of anilines is 1. The molecule has 2 rings (SSSR count). The van der Waals surface area contributed by atoms with E-state index in [1.807, 2.05) is 29.2 Å². The second-order valence-corrected chi connectivity index (χ2v) is 6.46. The number of likely N-dealkylation sites (tertiary alicyclic amines) is 1. The summed E-state index contributed by atoms with van der Waals surface area (Å²) in [4.78, 5) is 16.8. The number of amides is 1. The summed E-state index contributed by atoms with van der Waals surface area (Å²) in [5.74, 6) is 0.895. The van der Waals surface area contributed by atoms with Gasteiger partial charge in [-0.1, -0.05) is 25.1 Å². The number of hydrogen-bond acceptors (Lipinski definition) is 3. The molecular weight excluding hydrogens is 345 g/mol. The largest absolute Gasteiger partial charge is 0.399 e. The number of nitrogens with two attached hydrogens (primary N) is 1. The lowest BCUT2D eigenvalue weighted by Crippen LogP contribution is -2.32. The van der Waals surface area contributed by atoms with Gasteiger partial charge in [0.15, 0.2) is 0 Å². The fourth-order valence-corrected chi connectivity index (χ4v) is 3.28. The molecule has 1 aromatic rings. The van der Waals surface area contributed by atoms with Gasteiger partial charge < -0.3 is 15.5 Å². The minimum atomic E-state index is 0. The average molecular weight is 376 g/mol. The highest BCUT2D eigenvalue weighted by atomic mass is 35.5. The van der Waals surface area contributed by atoms with Gasteiger partial charge in [-0.3, -0.25) is 4.79 Å². The number of rotatable bonds is 7. The van der Waals surface area contributed by atoms with Crippen LogP contribution in [0.2, 0.25) is 0 Å². The van der Waals surface area contributed by atoms with Gasteiger partial charge in [-0.25, -0.2) is 0 Å². The van der Waals surface area contributed by atoms with Crippen molar-refractivity contribution >= 4 is 36.4 Å². The normalized spacial score (nSPS) is 16.6. The zero-order chi connectivity index (χ0) is 15.9. The minimum absolute atomic E-state index is 0. The topological polar surface area (TPSA) is 49.6 Å². The van der Waals surface area contributed by atoms with E-state index in [0.717, 1.165) is 50.3 Å². The molecule has 1 aliphatic rings. The van der Waals surface area contributed by atoms with Crippen molar-refractivity contribution in [2.24, 2.45) is 5.92 Å². The van der Waals surface area contributed by atoms with E-state index in [2.05, 4.69) is 18.9 Å². The summed E-state index contributed by atoms with van der Waals surface area (Å²) in [6.07, 6.45) is 3.62. The van der Waals surface area contributed by atoms with E-state index in [1.54, 1.807) is 0 Å². The fourth-order valence-electron chi connectivity index (χ4n) is 3.28. The van der Waals surface area contributed by atoms with Crippen LogP contribution in [-0.2, 0) is 11.2 Å². The lowest BCUT2D eigenvalue weighted by molar-refractivity contribution is -0.130. The Labute approximate surface area is 158 Å². The van der Waals surface area contributed by atoms with E-state index in [0.29, 0.717) is 12.3 Å². The zero-order valence-corrected chi connectivity index (χ0v) is 16.4. The van der Waals surface area contributed by atoms with Crippen LogP contribution in [0.1, 0.15) is 31.7 Å². The highest BCUT2D eigenvalue weighted by Gasteiger charge is 2.26. The number of para-hydroxylation sites is 1. The number of benzene rings is 1. The van der Waals surface area contributed by atoms with Crippen molar-refractivity contribution in [1.82, 2.24) is 9.80 Å². The number of aryl methyl sites for hydroxylation is 1. The maximum atomic E-state index is 12.4. The molecule has 6 heteroatoms. The zero-order valence-electron chi connectivity index (χ0n) is 14.7. The lowest BCUT2D eigenvalue weighted by atomic mass is 10.1. The summed E-state index contributed by atoms with van der Waals surface area (Å²) in [5.41, 5.74) is 7.80. The van der Waals surface area contributed by atoms with Gasteiger partial charge in [0.2, 0.25) is 5.91 Å². The highest BCUT2D eigenvalue weighted by molar-refractivity contribution is 5.85. The van der Waals surface area contributed by atoms with Crippen LogP contribution in [0.4, 0.5) is 5.69 Å². The van der Waals surface area contributed by atoms with Gasteiger partial charge in [-0.15, -0.1) is 24.8 Å². The number of nitrogen functional groups attached to an aromatic ring is 1. The Kier molecular flexibility index (Phi) is 11.1. The quantitative estimate of drug-likeness (QED) is 0.744. The van der Waals surface area contributed by atoms with Crippen LogP contribution in [0, 0.1) is 5.92 Å². The summed E-state index contributed by atoms with van der Waals surface area (Å²) >= 11 is 0. The number of halogens is 2. The smallest absolute Gasteiger partial charge is 0.222 e. The summed E-state index contributed by atoms with van der Waals surface area (Å²) in [6, 6.07) is 7.81. The molecule has 0 spiro atoms. The Morgan fingerprint density at radius 2 is 2.04 bits per heavy atom. The summed E-state index contributed by atoms with van der Waals surface area (Å²) in [7, 11) is 2.17. The molecule has 1 saturated heterocycles. The van der Waals surface area contributed by atoms with E-state index in [-0.39, 0.29) is 30.7 Å². The van der Waals surface area contributed by atoms with Crippen LogP contribution in [-0.4, -0.2) is 48.9 Å². The molecule has 0 radical (unpaired) electrons. The molecule has 1 fully saturated rings. The molecule has 0 bridgehead atoms. The van der Waals surface area contributed by atoms with Gasteiger partial charge in [-0.2, -0.15) is 0 Å². The molecule has 1 atom stereocenters. The van der Waals surface area contributed by atoms with Gasteiger partial charge in [0, 0.05) is 31.7 Å². The first kappa shape index (κ1) is 23.0. The van der Waals surface area contributed by atoms with Crippen LogP contribution in [0.5, 0.6) is 0 Å². The summed E-state index contributed by atoms with van der Waals surface area (Å²) in [5, 5.41) is 0. The second kappa shape index (κ2) is 11.6. The third kappa shape index (κ3) is 6.88. The molecule has 4 nitrogen and oxygen atoms in total. The highest BCUT2D eigenvalue weighted by Crippen LogP contribution is 2.19. The van der Waals surface area contributed by atoms with E-state index in [4.69, 9.17) is 5.73 Å². The number of nitrogens with zero attached hydrogens (tertiary/aromatic N) is 2. The Morgan fingerprint density at radius 3 is 2.71 bits per heavy atom.